The van der Waals surface area contributed by atoms with Crippen LogP contribution in [0.25, 0.3) is 0 Å². The van der Waals surface area contributed by atoms with Crippen LogP contribution in [-0.4, -0.2) is 28.2 Å². The van der Waals surface area contributed by atoms with E-state index in [1.165, 1.54) is 5.57 Å². The number of hydrogen-bond donors (Lipinski definition) is 2. The van der Waals surface area contributed by atoms with Crippen molar-refractivity contribution in [3.63, 3.8) is 0 Å². The molecule has 0 radical (unpaired) electrons. The fraction of sp³-hybridized carbons (Fsp3) is 0.842. The Morgan fingerprint density at radius 1 is 1.05 bits per heavy atom. The summed E-state index contributed by atoms with van der Waals surface area (Å²) >= 11 is 0. The highest BCUT2D eigenvalue weighted by molar-refractivity contribution is 5.87. The van der Waals surface area contributed by atoms with E-state index in [2.05, 4.69) is 13.8 Å². The first kappa shape index (κ1) is 14.9. The topological polar surface area (TPSA) is 57.5 Å². The van der Waals surface area contributed by atoms with Crippen LogP contribution in [0.2, 0.25) is 0 Å². The number of Topliss-reactive ketones (excluding diaryl/α,β-unsaturated/α-hetero) is 1. The second kappa shape index (κ2) is 4.67. The predicted molar refractivity (Wildman–Crippen MR) is 84.1 cm³/mol. The van der Waals surface area contributed by atoms with Gasteiger partial charge < -0.3 is 10.2 Å². The maximum absolute atomic E-state index is 12.4. The van der Waals surface area contributed by atoms with Crippen molar-refractivity contribution in [3.8, 4) is 0 Å². The Labute approximate surface area is 132 Å². The lowest BCUT2D eigenvalue weighted by molar-refractivity contribution is -0.135. The summed E-state index contributed by atoms with van der Waals surface area (Å²) in [7, 11) is 0. The third kappa shape index (κ3) is 1.78. The summed E-state index contributed by atoms with van der Waals surface area (Å²) in [6.45, 7) is 4.48. The van der Waals surface area contributed by atoms with Gasteiger partial charge in [-0.15, -0.1) is 0 Å². The minimum absolute atomic E-state index is 0.121. The molecule has 3 nitrogen and oxygen atoms in total. The molecule has 22 heavy (non-hydrogen) atoms. The van der Waals surface area contributed by atoms with Crippen molar-refractivity contribution in [2.45, 2.75) is 71.0 Å². The van der Waals surface area contributed by atoms with Gasteiger partial charge in [0.2, 0.25) is 0 Å². The number of fused-ring (bicyclic) bond motifs is 5. The van der Waals surface area contributed by atoms with Crippen molar-refractivity contribution in [3.05, 3.63) is 11.6 Å². The van der Waals surface area contributed by atoms with Gasteiger partial charge in [0.05, 0.1) is 12.2 Å². The van der Waals surface area contributed by atoms with Gasteiger partial charge in [0.1, 0.15) is 5.78 Å². The van der Waals surface area contributed by atoms with Crippen LogP contribution in [0.3, 0.4) is 0 Å². The number of carbonyl (C=O) groups excluding carboxylic acids is 1. The van der Waals surface area contributed by atoms with Gasteiger partial charge in [-0.2, -0.15) is 0 Å². The molecule has 4 aliphatic carbocycles. The largest absolute Gasteiger partial charge is 0.393 e. The highest BCUT2D eigenvalue weighted by Crippen LogP contribution is 2.63. The molecule has 0 saturated heterocycles. The van der Waals surface area contributed by atoms with Crippen LogP contribution in [0.5, 0.6) is 0 Å². The van der Waals surface area contributed by atoms with Crippen molar-refractivity contribution in [1.82, 2.24) is 0 Å². The molecular weight excluding hydrogens is 276 g/mol. The molecule has 122 valence electrons. The first-order valence-electron chi connectivity index (χ1n) is 8.97. The highest BCUT2D eigenvalue weighted by Gasteiger charge is 2.60. The van der Waals surface area contributed by atoms with Crippen molar-refractivity contribution in [1.29, 1.82) is 0 Å². The van der Waals surface area contributed by atoms with Crippen LogP contribution in [0, 0.1) is 28.6 Å². The summed E-state index contributed by atoms with van der Waals surface area (Å²) in [4.78, 5) is 12.4. The molecular formula is C19H28O3. The second-order valence-corrected chi connectivity index (χ2v) is 8.70. The fourth-order valence-electron chi connectivity index (χ4n) is 6.40. The average Bonchev–Trinajstić information content (AvgIpc) is 2.77. The van der Waals surface area contributed by atoms with Gasteiger partial charge in [-0.05, 0) is 61.7 Å². The average molecular weight is 304 g/mol. The first-order chi connectivity index (χ1) is 10.4. The summed E-state index contributed by atoms with van der Waals surface area (Å²) in [5.41, 5.74) is 1.20. The van der Waals surface area contributed by atoms with Crippen molar-refractivity contribution in [2.75, 3.05) is 0 Å². The number of ketones is 1. The first-order valence-corrected chi connectivity index (χ1v) is 8.97. The lowest BCUT2D eigenvalue weighted by Crippen LogP contribution is -2.54. The molecule has 0 amide bonds. The van der Waals surface area contributed by atoms with Crippen molar-refractivity contribution < 1.29 is 15.0 Å². The molecule has 4 rings (SSSR count). The van der Waals surface area contributed by atoms with Gasteiger partial charge in [-0.1, -0.05) is 25.5 Å². The maximum Gasteiger partial charge on any atom is 0.139 e. The lowest BCUT2D eigenvalue weighted by Gasteiger charge is -2.58. The fourth-order valence-corrected chi connectivity index (χ4v) is 6.40. The predicted octanol–water partition coefficient (Wildman–Crippen LogP) is 2.85. The zero-order valence-corrected chi connectivity index (χ0v) is 13.7. The molecule has 0 spiro atoms. The summed E-state index contributed by atoms with van der Waals surface area (Å²) in [5, 5.41) is 20.8. The molecule has 0 heterocycles. The number of aliphatic hydroxyl groups is 2. The van der Waals surface area contributed by atoms with E-state index in [9.17, 15) is 15.0 Å². The Bertz CT molecular complexity index is 539. The van der Waals surface area contributed by atoms with Crippen molar-refractivity contribution in [2.24, 2.45) is 28.6 Å². The number of carbonyl (C=O) groups is 1. The van der Waals surface area contributed by atoms with E-state index >= 15 is 0 Å². The van der Waals surface area contributed by atoms with E-state index in [1.54, 1.807) is 0 Å². The number of aliphatic hydroxyl groups excluding tert-OH is 2. The number of hydrogen-bond acceptors (Lipinski definition) is 3. The molecule has 6 unspecified atom stereocenters. The Hall–Kier alpha value is -0.670. The Morgan fingerprint density at radius 2 is 1.73 bits per heavy atom. The smallest absolute Gasteiger partial charge is 0.139 e. The SMILES string of the molecule is CC12CCC3C(C1CCC2=O)[C@H](O)C=C1CC(O)CCC13C. The van der Waals surface area contributed by atoms with Gasteiger partial charge in [0.25, 0.3) is 0 Å². The van der Waals surface area contributed by atoms with Crippen LogP contribution in [0.1, 0.15) is 58.8 Å². The van der Waals surface area contributed by atoms with Gasteiger partial charge in [0.15, 0.2) is 0 Å². The van der Waals surface area contributed by atoms with E-state index in [1.807, 2.05) is 6.08 Å². The van der Waals surface area contributed by atoms with Crippen LogP contribution in [-0.2, 0) is 4.79 Å². The normalized spacial score (nSPS) is 54.3. The van der Waals surface area contributed by atoms with Crippen molar-refractivity contribution >= 4 is 5.78 Å². The Morgan fingerprint density at radius 3 is 2.50 bits per heavy atom. The third-order valence-electron chi connectivity index (χ3n) is 7.81. The second-order valence-electron chi connectivity index (χ2n) is 8.70. The monoisotopic (exact) mass is 304 g/mol. The minimum atomic E-state index is -0.436. The summed E-state index contributed by atoms with van der Waals surface area (Å²) in [6, 6.07) is 0. The number of rotatable bonds is 0. The third-order valence-corrected chi connectivity index (χ3v) is 7.81. The van der Waals surface area contributed by atoms with E-state index in [0.717, 1.165) is 38.5 Å². The molecule has 2 N–H and O–H groups in total. The van der Waals surface area contributed by atoms with E-state index in [0.29, 0.717) is 24.0 Å². The quantitative estimate of drug-likeness (QED) is 0.677. The Kier molecular flexibility index (Phi) is 3.16. The zero-order chi connectivity index (χ0) is 15.7. The molecule has 0 aromatic heterocycles. The molecule has 3 heteroatoms. The maximum atomic E-state index is 12.4. The summed E-state index contributed by atoms with van der Waals surface area (Å²) in [6.07, 6.45) is 7.65. The zero-order valence-electron chi connectivity index (χ0n) is 13.7. The lowest BCUT2D eigenvalue weighted by atomic mass is 9.47. The Balaban J connectivity index is 1.75. The van der Waals surface area contributed by atoms with Crippen LogP contribution < -0.4 is 0 Å². The van der Waals surface area contributed by atoms with Crippen LogP contribution >= 0.6 is 0 Å². The minimum Gasteiger partial charge on any atom is -0.393 e. The molecule has 3 saturated carbocycles. The van der Waals surface area contributed by atoms with Crippen LogP contribution in [0.15, 0.2) is 11.6 Å². The molecule has 0 aromatic rings. The highest BCUT2D eigenvalue weighted by atomic mass is 16.3. The molecule has 3 fully saturated rings. The van der Waals surface area contributed by atoms with E-state index in [4.69, 9.17) is 0 Å². The summed E-state index contributed by atoms with van der Waals surface area (Å²) < 4.78 is 0. The molecule has 4 aliphatic rings. The van der Waals surface area contributed by atoms with Gasteiger partial charge in [0, 0.05) is 11.8 Å². The van der Waals surface area contributed by atoms with Gasteiger partial charge in [-0.3, -0.25) is 4.79 Å². The van der Waals surface area contributed by atoms with Gasteiger partial charge in [-0.25, -0.2) is 0 Å². The molecule has 0 bridgehead atoms. The molecule has 0 aliphatic heterocycles. The van der Waals surface area contributed by atoms with Gasteiger partial charge >= 0.3 is 0 Å². The standard InChI is InChI=1S/C19H28O3/c1-18-7-5-12(20)9-11(18)10-15(21)17-13-3-4-16(22)19(13,2)8-6-14(17)18/h10,12-15,17,20-21H,3-9H2,1-2H3/t12?,13?,14?,15-,17?,18?,19?/m1/s1. The molecule has 0 aromatic carbocycles. The summed E-state index contributed by atoms with van der Waals surface area (Å²) in [5.74, 6) is 1.46. The van der Waals surface area contributed by atoms with Crippen LogP contribution in [0.4, 0.5) is 0 Å². The molecule has 7 atom stereocenters. The van der Waals surface area contributed by atoms with E-state index < -0.39 is 6.10 Å². The van der Waals surface area contributed by atoms with E-state index in [-0.39, 0.29) is 22.9 Å².